The van der Waals surface area contributed by atoms with Crippen molar-refractivity contribution < 1.29 is 9.53 Å². The van der Waals surface area contributed by atoms with Crippen molar-refractivity contribution in [2.24, 2.45) is 0 Å². The van der Waals surface area contributed by atoms with Crippen molar-refractivity contribution in [2.45, 2.75) is 20.3 Å². The lowest BCUT2D eigenvalue weighted by molar-refractivity contribution is -0.116. The second-order valence-electron chi connectivity index (χ2n) is 5.04. The first kappa shape index (κ1) is 16.7. The first-order valence-corrected chi connectivity index (χ1v) is 7.66. The Morgan fingerprint density at radius 3 is 2.45 bits per heavy atom. The monoisotopic (exact) mass is 337 g/mol. The number of hydrogen-bond donors (Lipinski definition) is 1. The quantitative estimate of drug-likeness (QED) is 0.831. The van der Waals surface area contributed by atoms with E-state index in [2.05, 4.69) is 5.32 Å². The Labute approximate surface area is 140 Å². The number of ether oxygens (including phenoxy) is 1. The van der Waals surface area contributed by atoms with Crippen LogP contribution in [0.4, 0.5) is 5.69 Å². The summed E-state index contributed by atoms with van der Waals surface area (Å²) in [7, 11) is 0. The van der Waals surface area contributed by atoms with E-state index in [0.717, 1.165) is 11.1 Å². The molecule has 0 aliphatic carbocycles. The molecule has 2 rings (SSSR count). The first-order valence-electron chi connectivity index (χ1n) is 6.90. The highest BCUT2D eigenvalue weighted by atomic mass is 35.5. The first-order chi connectivity index (χ1) is 10.5. The molecule has 0 aromatic heterocycles. The van der Waals surface area contributed by atoms with Crippen molar-refractivity contribution in [1.29, 1.82) is 0 Å². The maximum atomic E-state index is 12.0. The number of anilines is 1. The SMILES string of the molecule is Cc1cc(C)c(NC(=O)CCOc2ccc(Cl)cc2)c(Cl)c1. The predicted octanol–water partition coefficient (Wildman–Crippen LogP) is 5.02. The van der Waals surface area contributed by atoms with E-state index in [4.69, 9.17) is 27.9 Å². The zero-order chi connectivity index (χ0) is 16.1. The van der Waals surface area contributed by atoms with Gasteiger partial charge in [0.2, 0.25) is 5.91 Å². The summed E-state index contributed by atoms with van der Waals surface area (Å²) in [5.74, 6) is 0.546. The Hall–Kier alpha value is -1.71. The largest absolute Gasteiger partial charge is 0.493 e. The lowest BCUT2D eigenvalue weighted by Crippen LogP contribution is -2.16. The molecule has 0 saturated heterocycles. The highest BCUT2D eigenvalue weighted by Crippen LogP contribution is 2.27. The third kappa shape index (κ3) is 4.65. The summed E-state index contributed by atoms with van der Waals surface area (Å²) in [6.45, 7) is 4.17. The Kier molecular flexibility index (Phi) is 5.69. The molecule has 1 amide bonds. The van der Waals surface area contributed by atoms with Gasteiger partial charge >= 0.3 is 0 Å². The van der Waals surface area contributed by atoms with E-state index in [1.807, 2.05) is 26.0 Å². The molecule has 0 aliphatic rings. The van der Waals surface area contributed by atoms with Crippen molar-refractivity contribution in [3.05, 3.63) is 57.6 Å². The number of benzene rings is 2. The second-order valence-corrected chi connectivity index (χ2v) is 5.88. The Balaban J connectivity index is 1.87. The van der Waals surface area contributed by atoms with Crippen LogP contribution in [0.2, 0.25) is 10.0 Å². The molecule has 3 nitrogen and oxygen atoms in total. The molecule has 0 atom stereocenters. The van der Waals surface area contributed by atoms with Crippen molar-refractivity contribution in [3.63, 3.8) is 0 Å². The minimum Gasteiger partial charge on any atom is -0.493 e. The molecule has 116 valence electrons. The Bertz CT molecular complexity index is 646. The molecule has 0 radical (unpaired) electrons. The summed E-state index contributed by atoms with van der Waals surface area (Å²) >= 11 is 12.0. The van der Waals surface area contributed by atoms with E-state index in [1.54, 1.807) is 24.3 Å². The fourth-order valence-electron chi connectivity index (χ4n) is 2.07. The van der Waals surface area contributed by atoms with Gasteiger partial charge in [-0.15, -0.1) is 0 Å². The van der Waals surface area contributed by atoms with E-state index in [1.165, 1.54) is 0 Å². The lowest BCUT2D eigenvalue weighted by atomic mass is 10.1. The van der Waals surface area contributed by atoms with E-state index >= 15 is 0 Å². The molecule has 2 aromatic carbocycles. The van der Waals surface area contributed by atoms with Crippen molar-refractivity contribution in [2.75, 3.05) is 11.9 Å². The van der Waals surface area contributed by atoms with Crippen LogP contribution in [0, 0.1) is 13.8 Å². The van der Waals surface area contributed by atoms with Crippen LogP contribution in [0.5, 0.6) is 5.75 Å². The third-order valence-corrected chi connectivity index (χ3v) is 3.66. The van der Waals surface area contributed by atoms with Crippen molar-refractivity contribution in [1.82, 2.24) is 0 Å². The number of aryl methyl sites for hydroxylation is 2. The molecule has 0 saturated carbocycles. The number of hydrogen-bond acceptors (Lipinski definition) is 2. The van der Waals surface area contributed by atoms with Crippen LogP contribution in [0.15, 0.2) is 36.4 Å². The number of halogens is 2. The molecule has 2 aromatic rings. The van der Waals surface area contributed by atoms with E-state index in [-0.39, 0.29) is 18.9 Å². The van der Waals surface area contributed by atoms with Gasteiger partial charge in [-0.2, -0.15) is 0 Å². The summed E-state index contributed by atoms with van der Waals surface area (Å²) in [5.41, 5.74) is 2.66. The van der Waals surface area contributed by atoms with Gasteiger partial charge < -0.3 is 10.1 Å². The average Bonchev–Trinajstić information content (AvgIpc) is 2.45. The zero-order valence-corrected chi connectivity index (χ0v) is 14.0. The minimum absolute atomic E-state index is 0.136. The van der Waals surface area contributed by atoms with Crippen LogP contribution in [-0.4, -0.2) is 12.5 Å². The molecule has 0 bridgehead atoms. The highest BCUT2D eigenvalue weighted by molar-refractivity contribution is 6.34. The van der Waals surface area contributed by atoms with E-state index < -0.39 is 0 Å². The number of nitrogens with one attached hydrogen (secondary N) is 1. The smallest absolute Gasteiger partial charge is 0.227 e. The number of carbonyl (C=O) groups excluding carboxylic acids is 1. The molecular formula is C17H17Cl2NO2. The number of rotatable bonds is 5. The summed E-state index contributed by atoms with van der Waals surface area (Å²) < 4.78 is 5.50. The van der Waals surface area contributed by atoms with Crippen LogP contribution in [0.1, 0.15) is 17.5 Å². The van der Waals surface area contributed by atoms with Gasteiger partial charge in [0.05, 0.1) is 23.7 Å². The molecular weight excluding hydrogens is 321 g/mol. The molecule has 1 N–H and O–H groups in total. The summed E-state index contributed by atoms with van der Waals surface area (Å²) in [5, 5.41) is 4.02. The lowest BCUT2D eigenvalue weighted by Gasteiger charge is -2.12. The van der Waals surface area contributed by atoms with Gasteiger partial charge in [-0.1, -0.05) is 29.3 Å². The van der Waals surface area contributed by atoms with E-state index in [9.17, 15) is 4.79 Å². The fraction of sp³-hybridized carbons (Fsp3) is 0.235. The van der Waals surface area contributed by atoms with Crippen molar-refractivity contribution >= 4 is 34.8 Å². The summed E-state index contributed by atoms with van der Waals surface area (Å²) in [6.07, 6.45) is 0.242. The topological polar surface area (TPSA) is 38.3 Å². The standard InChI is InChI=1S/C17H17Cl2NO2/c1-11-9-12(2)17(15(19)10-11)20-16(21)7-8-22-14-5-3-13(18)4-6-14/h3-6,9-10H,7-8H2,1-2H3,(H,20,21). The molecule has 0 spiro atoms. The van der Waals surface area contributed by atoms with Gasteiger partial charge in [-0.05, 0) is 55.3 Å². The zero-order valence-electron chi connectivity index (χ0n) is 12.5. The molecule has 0 heterocycles. The highest BCUT2D eigenvalue weighted by Gasteiger charge is 2.09. The van der Waals surface area contributed by atoms with Gasteiger partial charge in [-0.25, -0.2) is 0 Å². The number of amides is 1. The molecule has 0 unspecified atom stereocenters. The molecule has 5 heteroatoms. The van der Waals surface area contributed by atoms with Gasteiger partial charge in [-0.3, -0.25) is 4.79 Å². The predicted molar refractivity (Wildman–Crippen MR) is 91.1 cm³/mol. The number of carbonyl (C=O) groups is 1. The van der Waals surface area contributed by atoms with Gasteiger partial charge in [0.15, 0.2) is 0 Å². The summed E-state index contributed by atoms with van der Waals surface area (Å²) in [6, 6.07) is 10.8. The molecule has 0 aliphatic heterocycles. The Morgan fingerprint density at radius 1 is 1.14 bits per heavy atom. The normalized spacial score (nSPS) is 10.4. The Morgan fingerprint density at radius 2 is 1.82 bits per heavy atom. The molecule has 0 fully saturated rings. The van der Waals surface area contributed by atoms with Crippen LogP contribution in [0.3, 0.4) is 0 Å². The van der Waals surface area contributed by atoms with E-state index in [0.29, 0.717) is 21.5 Å². The van der Waals surface area contributed by atoms with Gasteiger partial charge in [0.25, 0.3) is 0 Å². The van der Waals surface area contributed by atoms with Gasteiger partial charge in [0.1, 0.15) is 5.75 Å². The van der Waals surface area contributed by atoms with Crippen LogP contribution >= 0.6 is 23.2 Å². The summed E-state index contributed by atoms with van der Waals surface area (Å²) in [4.78, 5) is 12.0. The van der Waals surface area contributed by atoms with Crippen LogP contribution in [0.25, 0.3) is 0 Å². The van der Waals surface area contributed by atoms with Crippen LogP contribution in [-0.2, 0) is 4.79 Å². The average molecular weight is 338 g/mol. The maximum absolute atomic E-state index is 12.0. The third-order valence-electron chi connectivity index (χ3n) is 3.11. The minimum atomic E-state index is -0.136. The second kappa shape index (κ2) is 7.52. The maximum Gasteiger partial charge on any atom is 0.227 e. The molecule has 22 heavy (non-hydrogen) atoms. The van der Waals surface area contributed by atoms with Gasteiger partial charge in [0, 0.05) is 5.02 Å². The van der Waals surface area contributed by atoms with Crippen molar-refractivity contribution in [3.8, 4) is 5.75 Å². The van der Waals surface area contributed by atoms with Crippen LogP contribution < -0.4 is 10.1 Å². The fourth-order valence-corrected chi connectivity index (χ4v) is 2.56.